The van der Waals surface area contributed by atoms with Crippen LogP contribution in [0.5, 0.6) is 5.88 Å². The minimum atomic E-state index is 0.341. The maximum atomic E-state index is 5.79. The van der Waals surface area contributed by atoms with Crippen molar-refractivity contribution in [1.82, 2.24) is 34.6 Å². The van der Waals surface area contributed by atoms with E-state index in [-0.39, 0.29) is 0 Å². The van der Waals surface area contributed by atoms with Gasteiger partial charge in [-0.1, -0.05) is 27.2 Å². The van der Waals surface area contributed by atoms with Crippen molar-refractivity contribution < 1.29 is 4.74 Å². The summed E-state index contributed by atoms with van der Waals surface area (Å²) in [6.07, 6.45) is 4.57. The SMILES string of the molecule is CCCn1nc(CC(C)CC)nc1COc1ccc2nncn2n1. The Labute approximate surface area is 140 Å². The summed E-state index contributed by atoms with van der Waals surface area (Å²) >= 11 is 0. The second-order valence-corrected chi connectivity index (χ2v) is 5.98. The van der Waals surface area contributed by atoms with Crippen molar-refractivity contribution >= 4 is 5.65 Å². The van der Waals surface area contributed by atoms with Gasteiger partial charge in [-0.2, -0.15) is 9.61 Å². The summed E-state index contributed by atoms with van der Waals surface area (Å²) in [6, 6.07) is 3.60. The molecule has 0 radical (unpaired) electrons. The minimum Gasteiger partial charge on any atom is -0.468 e. The third-order valence-electron chi connectivity index (χ3n) is 3.94. The van der Waals surface area contributed by atoms with Gasteiger partial charge in [-0.3, -0.25) is 0 Å². The molecule has 0 amide bonds. The standard InChI is InChI=1S/C16H23N7O/c1-4-8-22-15(18-13(20-22)9-12(3)5-2)10-24-16-7-6-14-19-17-11-23(14)21-16/h6-7,11-12H,4-5,8-10H2,1-3H3. The average Bonchev–Trinajstić information content (AvgIpc) is 3.19. The van der Waals surface area contributed by atoms with Crippen LogP contribution in [-0.4, -0.2) is 34.6 Å². The van der Waals surface area contributed by atoms with E-state index in [1.54, 1.807) is 16.9 Å². The van der Waals surface area contributed by atoms with E-state index >= 15 is 0 Å². The molecule has 0 fully saturated rings. The molecule has 128 valence electrons. The van der Waals surface area contributed by atoms with Gasteiger partial charge in [-0.15, -0.1) is 15.3 Å². The summed E-state index contributed by atoms with van der Waals surface area (Å²) in [4.78, 5) is 4.65. The molecular weight excluding hydrogens is 306 g/mol. The smallest absolute Gasteiger partial charge is 0.232 e. The van der Waals surface area contributed by atoms with Gasteiger partial charge in [-0.25, -0.2) is 9.67 Å². The monoisotopic (exact) mass is 329 g/mol. The summed E-state index contributed by atoms with van der Waals surface area (Å²) in [5.41, 5.74) is 0.687. The Morgan fingerprint density at radius 3 is 2.88 bits per heavy atom. The van der Waals surface area contributed by atoms with Crippen LogP contribution in [-0.2, 0) is 19.6 Å². The molecule has 0 bridgehead atoms. The molecule has 0 saturated heterocycles. The Morgan fingerprint density at radius 1 is 1.21 bits per heavy atom. The largest absolute Gasteiger partial charge is 0.468 e. The van der Waals surface area contributed by atoms with Crippen molar-refractivity contribution in [3.8, 4) is 5.88 Å². The summed E-state index contributed by atoms with van der Waals surface area (Å²) in [7, 11) is 0. The normalized spacial score (nSPS) is 12.6. The summed E-state index contributed by atoms with van der Waals surface area (Å²) in [5, 5.41) is 16.7. The van der Waals surface area contributed by atoms with E-state index in [1.165, 1.54) is 0 Å². The van der Waals surface area contributed by atoms with Crippen molar-refractivity contribution in [2.75, 3.05) is 0 Å². The van der Waals surface area contributed by atoms with Crippen LogP contribution in [0.3, 0.4) is 0 Å². The molecule has 0 N–H and O–H groups in total. The van der Waals surface area contributed by atoms with Gasteiger partial charge in [0, 0.05) is 19.0 Å². The number of hydrogen-bond acceptors (Lipinski definition) is 6. The van der Waals surface area contributed by atoms with E-state index in [4.69, 9.17) is 4.74 Å². The molecule has 3 aromatic heterocycles. The third kappa shape index (κ3) is 3.69. The van der Waals surface area contributed by atoms with Crippen LogP contribution in [0.25, 0.3) is 5.65 Å². The van der Waals surface area contributed by atoms with Gasteiger partial charge in [0.1, 0.15) is 12.9 Å². The Morgan fingerprint density at radius 2 is 2.08 bits per heavy atom. The molecule has 0 aliphatic rings. The topological polar surface area (TPSA) is 83.0 Å². The van der Waals surface area contributed by atoms with Crippen LogP contribution in [0.15, 0.2) is 18.5 Å². The second kappa shape index (κ2) is 7.37. The van der Waals surface area contributed by atoms with Gasteiger partial charge >= 0.3 is 0 Å². The Kier molecular flexibility index (Phi) is 5.02. The van der Waals surface area contributed by atoms with Crippen LogP contribution in [0.1, 0.15) is 45.3 Å². The van der Waals surface area contributed by atoms with Crippen LogP contribution < -0.4 is 4.74 Å². The predicted molar refractivity (Wildman–Crippen MR) is 88.6 cm³/mol. The molecule has 1 atom stereocenters. The molecular formula is C16H23N7O. The highest BCUT2D eigenvalue weighted by molar-refractivity contribution is 5.35. The summed E-state index contributed by atoms with van der Waals surface area (Å²) in [5.74, 6) is 2.81. The van der Waals surface area contributed by atoms with Gasteiger partial charge in [0.05, 0.1) is 0 Å². The lowest BCUT2D eigenvalue weighted by atomic mass is 10.1. The number of nitrogens with zero attached hydrogens (tertiary/aromatic N) is 7. The second-order valence-electron chi connectivity index (χ2n) is 5.98. The molecule has 0 spiro atoms. The number of ether oxygens (including phenoxy) is 1. The van der Waals surface area contributed by atoms with Gasteiger partial charge < -0.3 is 4.74 Å². The number of fused-ring (bicyclic) bond motifs is 1. The number of aryl methyl sites for hydroxylation is 1. The zero-order valence-electron chi connectivity index (χ0n) is 14.4. The maximum absolute atomic E-state index is 5.79. The van der Waals surface area contributed by atoms with Crippen molar-refractivity contribution in [2.45, 2.75) is 53.2 Å². The fourth-order valence-corrected chi connectivity index (χ4v) is 2.39. The predicted octanol–water partition coefficient (Wildman–Crippen LogP) is 2.29. The molecule has 0 aliphatic carbocycles. The third-order valence-corrected chi connectivity index (χ3v) is 3.94. The van der Waals surface area contributed by atoms with Gasteiger partial charge in [0.2, 0.25) is 5.88 Å². The number of aromatic nitrogens is 7. The molecule has 8 heteroatoms. The van der Waals surface area contributed by atoms with E-state index < -0.39 is 0 Å². The molecule has 0 aliphatic heterocycles. The van der Waals surface area contributed by atoms with E-state index in [0.717, 1.165) is 37.5 Å². The lowest BCUT2D eigenvalue weighted by molar-refractivity contribution is 0.271. The molecule has 8 nitrogen and oxygen atoms in total. The van der Waals surface area contributed by atoms with E-state index in [2.05, 4.69) is 46.1 Å². The van der Waals surface area contributed by atoms with Crippen molar-refractivity contribution in [3.63, 3.8) is 0 Å². The lowest BCUT2D eigenvalue weighted by Gasteiger charge is -2.06. The van der Waals surface area contributed by atoms with Crippen molar-refractivity contribution in [1.29, 1.82) is 0 Å². The first-order chi connectivity index (χ1) is 11.7. The van der Waals surface area contributed by atoms with Gasteiger partial charge in [0.15, 0.2) is 17.3 Å². The molecule has 24 heavy (non-hydrogen) atoms. The van der Waals surface area contributed by atoms with Crippen LogP contribution in [0.4, 0.5) is 0 Å². The molecule has 3 aromatic rings. The van der Waals surface area contributed by atoms with Crippen LogP contribution in [0.2, 0.25) is 0 Å². The zero-order valence-corrected chi connectivity index (χ0v) is 14.4. The first-order valence-corrected chi connectivity index (χ1v) is 8.42. The maximum Gasteiger partial charge on any atom is 0.232 e. The first-order valence-electron chi connectivity index (χ1n) is 8.42. The van der Waals surface area contributed by atoms with E-state index in [1.807, 2.05) is 10.7 Å². The Balaban J connectivity index is 1.72. The highest BCUT2D eigenvalue weighted by atomic mass is 16.5. The highest BCUT2D eigenvalue weighted by Crippen LogP contribution is 2.12. The van der Waals surface area contributed by atoms with Crippen LogP contribution >= 0.6 is 0 Å². The summed E-state index contributed by atoms with van der Waals surface area (Å²) < 4.78 is 9.31. The fraction of sp³-hybridized carbons (Fsp3) is 0.562. The summed E-state index contributed by atoms with van der Waals surface area (Å²) in [6.45, 7) is 7.71. The van der Waals surface area contributed by atoms with E-state index in [9.17, 15) is 0 Å². The van der Waals surface area contributed by atoms with Crippen LogP contribution in [0, 0.1) is 5.92 Å². The van der Waals surface area contributed by atoms with Gasteiger partial charge in [-0.05, 0) is 18.4 Å². The fourth-order valence-electron chi connectivity index (χ4n) is 2.39. The highest BCUT2D eigenvalue weighted by Gasteiger charge is 2.13. The Hall–Kier alpha value is -2.51. The molecule has 3 rings (SSSR count). The minimum absolute atomic E-state index is 0.341. The van der Waals surface area contributed by atoms with Crippen molar-refractivity contribution in [2.24, 2.45) is 5.92 Å². The number of hydrogen-bond donors (Lipinski definition) is 0. The average molecular weight is 329 g/mol. The van der Waals surface area contributed by atoms with Crippen molar-refractivity contribution in [3.05, 3.63) is 30.1 Å². The molecule has 0 saturated carbocycles. The quantitative estimate of drug-likeness (QED) is 0.630. The van der Waals surface area contributed by atoms with Gasteiger partial charge in [0.25, 0.3) is 0 Å². The Bertz CT molecular complexity index is 795. The number of rotatable bonds is 8. The lowest BCUT2D eigenvalue weighted by Crippen LogP contribution is -2.09. The molecule has 0 aromatic carbocycles. The first kappa shape index (κ1) is 16.4. The van der Waals surface area contributed by atoms with E-state index in [0.29, 0.717) is 24.1 Å². The molecule has 3 heterocycles. The molecule has 1 unspecified atom stereocenters. The zero-order chi connectivity index (χ0) is 16.9.